The summed E-state index contributed by atoms with van der Waals surface area (Å²) >= 11 is 0. The number of ether oxygens (including phenoxy) is 3. The molecule has 0 saturated heterocycles. The predicted molar refractivity (Wildman–Crippen MR) is 115 cm³/mol. The monoisotopic (exact) mass is 414 g/mol. The second-order valence-corrected chi connectivity index (χ2v) is 7.13. The van der Waals surface area contributed by atoms with E-state index in [1.54, 1.807) is 61.5 Å². The van der Waals surface area contributed by atoms with Crippen LogP contribution in [0.15, 0.2) is 75.9 Å². The molecular formula is C25H18O6. The molecule has 6 nitrogen and oxygen atoms in total. The largest absolute Gasteiger partial charge is 0.486 e. The Morgan fingerprint density at radius 3 is 2.48 bits per heavy atom. The highest BCUT2D eigenvalue weighted by Crippen LogP contribution is 2.35. The molecule has 5 rings (SSSR count). The number of fused-ring (bicyclic) bond motifs is 2. The first kappa shape index (κ1) is 18.9. The van der Waals surface area contributed by atoms with Crippen molar-refractivity contribution in [3.63, 3.8) is 0 Å². The zero-order valence-corrected chi connectivity index (χ0v) is 16.7. The average Bonchev–Trinajstić information content (AvgIpc) is 2.79. The van der Waals surface area contributed by atoms with Gasteiger partial charge < -0.3 is 18.6 Å². The summed E-state index contributed by atoms with van der Waals surface area (Å²) in [7, 11) is 0. The molecule has 0 bridgehead atoms. The van der Waals surface area contributed by atoms with Gasteiger partial charge in [0.05, 0.1) is 16.5 Å². The highest BCUT2D eigenvalue weighted by atomic mass is 16.6. The van der Waals surface area contributed by atoms with Crippen molar-refractivity contribution in [1.29, 1.82) is 0 Å². The Balaban J connectivity index is 1.52. The Morgan fingerprint density at radius 2 is 1.68 bits per heavy atom. The molecule has 0 saturated carbocycles. The smallest absolute Gasteiger partial charge is 0.343 e. The molecule has 0 spiro atoms. The Hall–Kier alpha value is -4.06. The minimum absolute atomic E-state index is 0.170. The van der Waals surface area contributed by atoms with Crippen molar-refractivity contribution < 1.29 is 23.4 Å². The van der Waals surface area contributed by atoms with Gasteiger partial charge >= 0.3 is 5.97 Å². The zero-order valence-electron chi connectivity index (χ0n) is 16.7. The summed E-state index contributed by atoms with van der Waals surface area (Å²) in [5.41, 5.74) is 1.77. The molecule has 0 radical (unpaired) electrons. The van der Waals surface area contributed by atoms with Crippen molar-refractivity contribution in [3.8, 4) is 28.4 Å². The normalized spacial score (nSPS) is 12.5. The molecule has 1 aliphatic rings. The van der Waals surface area contributed by atoms with Gasteiger partial charge in [0.2, 0.25) is 5.43 Å². The molecule has 0 amide bonds. The summed E-state index contributed by atoms with van der Waals surface area (Å²) in [5.74, 6) is 1.54. The molecular weight excluding hydrogens is 396 g/mol. The highest BCUT2D eigenvalue weighted by Gasteiger charge is 2.18. The SMILES string of the molecule is Cc1oc2cc(OC(=O)c3ccccc3)ccc2c(=O)c1-c1ccc2c(c1)OCCO2. The first-order chi connectivity index (χ1) is 15.1. The first-order valence-corrected chi connectivity index (χ1v) is 9.85. The quantitative estimate of drug-likeness (QED) is 0.355. The van der Waals surface area contributed by atoms with Gasteiger partial charge in [-0.3, -0.25) is 4.79 Å². The fraction of sp³-hybridized carbons (Fsp3) is 0.120. The van der Waals surface area contributed by atoms with Gasteiger partial charge in [-0.2, -0.15) is 0 Å². The van der Waals surface area contributed by atoms with Gasteiger partial charge in [-0.15, -0.1) is 0 Å². The third-order valence-corrected chi connectivity index (χ3v) is 5.09. The lowest BCUT2D eigenvalue weighted by atomic mass is 10.0. The highest BCUT2D eigenvalue weighted by molar-refractivity contribution is 5.92. The molecule has 154 valence electrons. The number of benzene rings is 3. The van der Waals surface area contributed by atoms with Crippen molar-refractivity contribution in [3.05, 3.63) is 88.3 Å². The molecule has 31 heavy (non-hydrogen) atoms. The van der Waals surface area contributed by atoms with E-state index in [1.807, 2.05) is 12.1 Å². The Labute approximate surface area is 177 Å². The summed E-state index contributed by atoms with van der Waals surface area (Å²) in [4.78, 5) is 25.5. The van der Waals surface area contributed by atoms with E-state index in [9.17, 15) is 9.59 Å². The maximum atomic E-state index is 13.2. The van der Waals surface area contributed by atoms with Crippen LogP contribution in [-0.4, -0.2) is 19.2 Å². The van der Waals surface area contributed by atoms with E-state index in [4.69, 9.17) is 18.6 Å². The maximum absolute atomic E-state index is 13.2. The molecule has 0 N–H and O–H groups in total. The Morgan fingerprint density at radius 1 is 0.903 bits per heavy atom. The van der Waals surface area contributed by atoms with Gasteiger partial charge in [-0.05, 0) is 48.9 Å². The second kappa shape index (κ2) is 7.65. The van der Waals surface area contributed by atoms with E-state index >= 15 is 0 Å². The molecule has 0 fully saturated rings. The number of aryl methyl sites for hydroxylation is 1. The van der Waals surface area contributed by atoms with Crippen LogP contribution in [0.1, 0.15) is 16.1 Å². The number of hydrogen-bond donors (Lipinski definition) is 0. The maximum Gasteiger partial charge on any atom is 0.343 e. The summed E-state index contributed by atoms with van der Waals surface area (Å²) in [5, 5.41) is 0.398. The van der Waals surface area contributed by atoms with Crippen molar-refractivity contribution in [2.75, 3.05) is 13.2 Å². The second-order valence-electron chi connectivity index (χ2n) is 7.13. The van der Waals surface area contributed by atoms with Crippen LogP contribution < -0.4 is 19.6 Å². The van der Waals surface area contributed by atoms with Gasteiger partial charge in [0.1, 0.15) is 30.3 Å². The van der Waals surface area contributed by atoms with Crippen molar-refractivity contribution in [1.82, 2.24) is 0 Å². The van der Waals surface area contributed by atoms with Crippen LogP contribution >= 0.6 is 0 Å². The van der Waals surface area contributed by atoms with Crippen LogP contribution in [0.4, 0.5) is 0 Å². The average molecular weight is 414 g/mol. The molecule has 1 aliphatic heterocycles. The van der Waals surface area contributed by atoms with E-state index in [-0.39, 0.29) is 5.43 Å². The molecule has 0 atom stereocenters. The van der Waals surface area contributed by atoms with Crippen LogP contribution in [-0.2, 0) is 0 Å². The lowest BCUT2D eigenvalue weighted by Crippen LogP contribution is -2.15. The standard InChI is InChI=1S/C25H18O6/c1-15-23(17-7-10-20-22(13-17)29-12-11-28-20)24(26)19-9-8-18(14-21(19)30-15)31-25(27)16-5-3-2-4-6-16/h2-10,13-14H,11-12H2,1H3. The van der Waals surface area contributed by atoms with E-state index < -0.39 is 5.97 Å². The third kappa shape index (κ3) is 3.53. The number of esters is 1. The van der Waals surface area contributed by atoms with Gasteiger partial charge in [-0.25, -0.2) is 4.79 Å². The lowest BCUT2D eigenvalue weighted by Gasteiger charge is -2.19. The molecule has 6 heteroatoms. The molecule has 4 aromatic rings. The van der Waals surface area contributed by atoms with Crippen LogP contribution in [0.3, 0.4) is 0 Å². The van der Waals surface area contributed by atoms with Crippen LogP contribution in [0, 0.1) is 6.92 Å². The van der Waals surface area contributed by atoms with Crippen LogP contribution in [0.2, 0.25) is 0 Å². The Kier molecular flexibility index (Phi) is 4.67. The van der Waals surface area contributed by atoms with Crippen molar-refractivity contribution in [2.24, 2.45) is 0 Å². The number of hydrogen-bond acceptors (Lipinski definition) is 6. The van der Waals surface area contributed by atoms with E-state index in [0.29, 0.717) is 63.9 Å². The summed E-state index contributed by atoms with van der Waals surface area (Å²) in [6.07, 6.45) is 0. The van der Waals surface area contributed by atoms with E-state index in [0.717, 1.165) is 0 Å². The lowest BCUT2D eigenvalue weighted by molar-refractivity contribution is 0.0735. The van der Waals surface area contributed by atoms with E-state index in [2.05, 4.69) is 0 Å². The molecule has 0 unspecified atom stereocenters. The van der Waals surface area contributed by atoms with Gasteiger partial charge in [0.25, 0.3) is 0 Å². The zero-order chi connectivity index (χ0) is 21.4. The fourth-order valence-electron chi connectivity index (χ4n) is 3.62. The first-order valence-electron chi connectivity index (χ1n) is 9.85. The van der Waals surface area contributed by atoms with Crippen LogP contribution in [0.25, 0.3) is 22.1 Å². The Bertz CT molecular complexity index is 1350. The van der Waals surface area contributed by atoms with Gasteiger partial charge in [0, 0.05) is 6.07 Å². The minimum atomic E-state index is -0.480. The number of rotatable bonds is 3. The molecule has 1 aromatic heterocycles. The molecule has 3 aromatic carbocycles. The van der Waals surface area contributed by atoms with Gasteiger partial charge in [-0.1, -0.05) is 24.3 Å². The van der Waals surface area contributed by atoms with Crippen molar-refractivity contribution in [2.45, 2.75) is 6.92 Å². The van der Waals surface area contributed by atoms with Gasteiger partial charge in [0.15, 0.2) is 11.5 Å². The fourth-order valence-corrected chi connectivity index (χ4v) is 3.62. The molecule has 0 aliphatic carbocycles. The number of carbonyl (C=O) groups is 1. The summed E-state index contributed by atoms with van der Waals surface area (Å²) < 4.78 is 22.6. The molecule has 2 heterocycles. The summed E-state index contributed by atoms with van der Waals surface area (Å²) in [6, 6.07) is 18.8. The minimum Gasteiger partial charge on any atom is -0.486 e. The van der Waals surface area contributed by atoms with E-state index in [1.165, 1.54) is 0 Å². The van der Waals surface area contributed by atoms with Crippen LogP contribution in [0.5, 0.6) is 17.2 Å². The predicted octanol–water partition coefficient (Wildman–Crippen LogP) is 4.76. The topological polar surface area (TPSA) is 75.0 Å². The van der Waals surface area contributed by atoms with Crippen molar-refractivity contribution >= 4 is 16.9 Å². The number of carbonyl (C=O) groups excluding carboxylic acids is 1. The summed E-state index contributed by atoms with van der Waals surface area (Å²) in [6.45, 7) is 2.70. The third-order valence-electron chi connectivity index (χ3n) is 5.09.